The van der Waals surface area contributed by atoms with E-state index in [2.05, 4.69) is 59.3 Å². The van der Waals surface area contributed by atoms with Crippen molar-refractivity contribution in [3.8, 4) is 0 Å². The van der Waals surface area contributed by atoms with Crippen LogP contribution >= 0.6 is 12.4 Å². The summed E-state index contributed by atoms with van der Waals surface area (Å²) in [7, 11) is 0. The average Bonchev–Trinajstić information content (AvgIpc) is 2.75. The minimum absolute atomic E-state index is 0. The third-order valence-electron chi connectivity index (χ3n) is 6.94. The Morgan fingerprint density at radius 1 is 0.967 bits per heavy atom. The lowest BCUT2D eigenvalue weighted by Crippen LogP contribution is -2.32. The van der Waals surface area contributed by atoms with Crippen LogP contribution in [0.3, 0.4) is 0 Å². The molecule has 3 nitrogen and oxygen atoms in total. The molecule has 4 heteroatoms. The zero-order chi connectivity index (χ0) is 19.8. The second-order valence-corrected chi connectivity index (χ2v) is 8.96. The summed E-state index contributed by atoms with van der Waals surface area (Å²) in [5, 5.41) is 1.25. The summed E-state index contributed by atoms with van der Waals surface area (Å²) < 4.78 is 0. The predicted molar refractivity (Wildman–Crippen MR) is 127 cm³/mol. The molecule has 2 heterocycles. The third-order valence-corrected chi connectivity index (χ3v) is 6.94. The normalized spacial score (nSPS) is 17.5. The first-order chi connectivity index (χ1) is 14.2. The lowest BCUT2D eigenvalue weighted by Gasteiger charge is -2.32. The summed E-state index contributed by atoms with van der Waals surface area (Å²) in [4.78, 5) is 18.2. The minimum Gasteiger partial charge on any atom is -0.322 e. The SMILES string of the molecule is Cc1ccc(C2CCN(Cc3ccc4c5c(c(=O)[nH]c4c3)CCCC5)CC2)cc1.Cl. The Hall–Kier alpha value is -2.10. The molecule has 30 heavy (non-hydrogen) atoms. The van der Waals surface area contributed by atoms with Gasteiger partial charge in [0.25, 0.3) is 5.56 Å². The van der Waals surface area contributed by atoms with E-state index in [0.717, 1.165) is 50.0 Å². The van der Waals surface area contributed by atoms with Crippen molar-refractivity contribution in [3.63, 3.8) is 0 Å². The Morgan fingerprint density at radius 2 is 1.67 bits per heavy atom. The largest absolute Gasteiger partial charge is 0.322 e. The number of benzene rings is 2. The number of halogens is 1. The number of nitrogens with one attached hydrogen (secondary N) is 1. The van der Waals surface area contributed by atoms with E-state index >= 15 is 0 Å². The minimum atomic E-state index is 0. The number of aromatic amines is 1. The maximum Gasteiger partial charge on any atom is 0.251 e. The summed E-state index contributed by atoms with van der Waals surface area (Å²) in [6, 6.07) is 15.8. The van der Waals surface area contributed by atoms with Crippen molar-refractivity contribution in [3.05, 3.63) is 80.6 Å². The molecule has 1 fully saturated rings. The lowest BCUT2D eigenvalue weighted by atomic mass is 9.88. The molecule has 1 N–H and O–H groups in total. The standard InChI is InChI=1S/C26H30N2O.ClH/c1-18-6-9-20(10-7-18)21-12-14-28(15-13-21)17-19-8-11-23-22-4-2-3-5-24(22)26(29)27-25(23)16-19;/h6-11,16,21H,2-5,12-15,17H2,1H3,(H,27,29);1H. The van der Waals surface area contributed by atoms with Gasteiger partial charge >= 0.3 is 0 Å². The van der Waals surface area contributed by atoms with Crippen LogP contribution in [0.15, 0.2) is 47.3 Å². The van der Waals surface area contributed by atoms with E-state index in [4.69, 9.17) is 0 Å². The van der Waals surface area contributed by atoms with Gasteiger partial charge in [0.1, 0.15) is 0 Å². The topological polar surface area (TPSA) is 36.1 Å². The van der Waals surface area contributed by atoms with Gasteiger partial charge in [-0.2, -0.15) is 0 Å². The van der Waals surface area contributed by atoms with Crippen LogP contribution < -0.4 is 5.56 Å². The Balaban J connectivity index is 0.00000218. The van der Waals surface area contributed by atoms with Gasteiger partial charge in [-0.15, -0.1) is 12.4 Å². The smallest absolute Gasteiger partial charge is 0.251 e. The van der Waals surface area contributed by atoms with Crippen LogP contribution in [-0.2, 0) is 19.4 Å². The molecule has 158 valence electrons. The van der Waals surface area contributed by atoms with Gasteiger partial charge in [0.15, 0.2) is 0 Å². The number of rotatable bonds is 3. The van der Waals surface area contributed by atoms with Gasteiger partial charge in [0.2, 0.25) is 0 Å². The van der Waals surface area contributed by atoms with E-state index in [1.807, 2.05) is 0 Å². The fraction of sp³-hybridized carbons (Fsp3) is 0.423. The van der Waals surface area contributed by atoms with Gasteiger partial charge in [-0.3, -0.25) is 9.69 Å². The number of fused-ring (bicyclic) bond motifs is 3. The van der Waals surface area contributed by atoms with E-state index in [9.17, 15) is 4.79 Å². The molecule has 0 radical (unpaired) electrons. The van der Waals surface area contributed by atoms with Crippen LogP contribution in [0.25, 0.3) is 10.9 Å². The molecule has 0 amide bonds. The molecule has 0 unspecified atom stereocenters. The molecule has 1 aromatic heterocycles. The Morgan fingerprint density at radius 3 is 2.40 bits per heavy atom. The van der Waals surface area contributed by atoms with Crippen LogP contribution in [0.1, 0.15) is 59.4 Å². The summed E-state index contributed by atoms with van der Waals surface area (Å²) in [5.41, 5.74) is 7.59. The van der Waals surface area contributed by atoms with E-state index in [1.54, 1.807) is 0 Å². The van der Waals surface area contributed by atoms with Gasteiger partial charge in [-0.1, -0.05) is 42.0 Å². The monoisotopic (exact) mass is 422 g/mol. The fourth-order valence-corrected chi connectivity index (χ4v) is 5.23. The number of hydrogen-bond acceptors (Lipinski definition) is 2. The van der Waals surface area contributed by atoms with Crippen LogP contribution in [0.2, 0.25) is 0 Å². The number of aromatic nitrogens is 1. The van der Waals surface area contributed by atoms with Crippen LogP contribution in [0, 0.1) is 6.92 Å². The average molecular weight is 423 g/mol. The highest BCUT2D eigenvalue weighted by atomic mass is 35.5. The molecule has 0 bridgehead atoms. The number of pyridine rings is 1. The number of aryl methyl sites for hydroxylation is 2. The molecule has 2 aliphatic rings. The van der Waals surface area contributed by atoms with Crippen molar-refractivity contribution >= 4 is 23.3 Å². The van der Waals surface area contributed by atoms with Crippen molar-refractivity contribution in [1.29, 1.82) is 0 Å². The van der Waals surface area contributed by atoms with Crippen molar-refractivity contribution in [1.82, 2.24) is 9.88 Å². The molecule has 3 aromatic rings. The Bertz CT molecular complexity index is 1080. The number of likely N-dealkylation sites (tertiary alicyclic amines) is 1. The predicted octanol–water partition coefficient (Wildman–Crippen LogP) is 5.52. The zero-order valence-corrected chi connectivity index (χ0v) is 18.6. The molecular formula is C26H31ClN2O. The number of nitrogens with zero attached hydrogens (tertiary/aromatic N) is 1. The van der Waals surface area contributed by atoms with Crippen molar-refractivity contribution < 1.29 is 0 Å². The molecule has 1 aliphatic heterocycles. The van der Waals surface area contributed by atoms with Gasteiger partial charge in [-0.25, -0.2) is 0 Å². The van der Waals surface area contributed by atoms with Gasteiger partial charge < -0.3 is 4.98 Å². The number of hydrogen-bond donors (Lipinski definition) is 1. The maximum absolute atomic E-state index is 12.5. The van der Waals surface area contributed by atoms with Gasteiger partial charge in [0.05, 0.1) is 0 Å². The second-order valence-electron chi connectivity index (χ2n) is 8.96. The van der Waals surface area contributed by atoms with Crippen molar-refractivity contribution in [2.24, 2.45) is 0 Å². The first-order valence-electron chi connectivity index (χ1n) is 11.1. The zero-order valence-electron chi connectivity index (χ0n) is 17.7. The van der Waals surface area contributed by atoms with E-state index in [0.29, 0.717) is 5.92 Å². The number of piperidine rings is 1. The molecule has 0 spiro atoms. The van der Waals surface area contributed by atoms with E-state index in [-0.39, 0.29) is 18.0 Å². The summed E-state index contributed by atoms with van der Waals surface area (Å²) in [6.07, 6.45) is 6.75. The molecule has 2 aromatic carbocycles. The molecule has 0 saturated carbocycles. The van der Waals surface area contributed by atoms with Crippen LogP contribution in [-0.4, -0.2) is 23.0 Å². The van der Waals surface area contributed by atoms with E-state index in [1.165, 1.54) is 46.9 Å². The second kappa shape index (κ2) is 8.95. The highest BCUT2D eigenvalue weighted by molar-refractivity contribution is 5.85. The highest BCUT2D eigenvalue weighted by Gasteiger charge is 2.21. The Labute approximate surface area is 184 Å². The third kappa shape index (κ3) is 4.19. The highest BCUT2D eigenvalue weighted by Crippen LogP contribution is 2.30. The van der Waals surface area contributed by atoms with Crippen LogP contribution in [0.4, 0.5) is 0 Å². The first kappa shape index (κ1) is 21.1. The Kier molecular flexibility index (Phi) is 6.31. The maximum atomic E-state index is 12.5. The quantitative estimate of drug-likeness (QED) is 0.603. The molecule has 1 aliphatic carbocycles. The number of H-pyrrole nitrogens is 1. The van der Waals surface area contributed by atoms with Crippen molar-refractivity contribution in [2.75, 3.05) is 13.1 Å². The summed E-state index contributed by atoms with van der Waals surface area (Å²) in [6.45, 7) is 5.39. The molecule has 0 atom stereocenters. The van der Waals surface area contributed by atoms with E-state index < -0.39 is 0 Å². The molecular weight excluding hydrogens is 392 g/mol. The van der Waals surface area contributed by atoms with Crippen molar-refractivity contribution in [2.45, 2.75) is 57.9 Å². The fourth-order valence-electron chi connectivity index (χ4n) is 5.23. The summed E-state index contributed by atoms with van der Waals surface area (Å²) in [5.74, 6) is 0.686. The van der Waals surface area contributed by atoms with Gasteiger partial charge in [0, 0.05) is 23.0 Å². The summed E-state index contributed by atoms with van der Waals surface area (Å²) >= 11 is 0. The van der Waals surface area contributed by atoms with Crippen LogP contribution in [0.5, 0.6) is 0 Å². The first-order valence-corrected chi connectivity index (χ1v) is 11.1. The van der Waals surface area contributed by atoms with Gasteiger partial charge in [-0.05, 0) is 87.2 Å². The lowest BCUT2D eigenvalue weighted by molar-refractivity contribution is 0.204. The molecule has 5 rings (SSSR count). The molecule has 1 saturated heterocycles.